The fourth-order valence-corrected chi connectivity index (χ4v) is 2.95. The largest absolute Gasteiger partial charge is 0.497 e. The molecule has 0 saturated carbocycles. The lowest BCUT2D eigenvalue weighted by Gasteiger charge is -2.37. The Morgan fingerprint density at radius 2 is 1.81 bits per heavy atom. The summed E-state index contributed by atoms with van der Waals surface area (Å²) in [5, 5.41) is 0. The summed E-state index contributed by atoms with van der Waals surface area (Å²) in [6.45, 7) is 4.00. The van der Waals surface area contributed by atoms with Gasteiger partial charge >= 0.3 is 0 Å². The summed E-state index contributed by atoms with van der Waals surface area (Å²) < 4.78 is 5.13. The molecule has 0 bridgehead atoms. The number of ketones is 1. The van der Waals surface area contributed by atoms with Gasteiger partial charge in [-0.1, -0.05) is 0 Å². The number of nitrogens with zero attached hydrogens (tertiary/aromatic N) is 2. The van der Waals surface area contributed by atoms with Crippen LogP contribution in [-0.4, -0.2) is 62.0 Å². The van der Waals surface area contributed by atoms with E-state index in [0.29, 0.717) is 6.04 Å². The van der Waals surface area contributed by atoms with Gasteiger partial charge in [0.05, 0.1) is 13.2 Å². The average Bonchev–Trinajstić information content (AvgIpc) is 2.53. The van der Waals surface area contributed by atoms with Crippen LogP contribution in [0.1, 0.15) is 30.1 Å². The van der Waals surface area contributed by atoms with E-state index in [1.807, 2.05) is 31.2 Å². The molecule has 0 amide bonds. The van der Waals surface area contributed by atoms with Crippen LogP contribution in [0.4, 0.5) is 0 Å². The van der Waals surface area contributed by atoms with Crippen LogP contribution in [0.3, 0.4) is 0 Å². The second-order valence-corrected chi connectivity index (χ2v) is 6.00. The van der Waals surface area contributed by atoms with Gasteiger partial charge in [-0.2, -0.15) is 0 Å². The third kappa shape index (κ3) is 3.83. The van der Waals surface area contributed by atoms with E-state index in [4.69, 9.17) is 4.74 Å². The van der Waals surface area contributed by atoms with Crippen molar-refractivity contribution in [3.63, 3.8) is 0 Å². The number of carbonyl (C=O) groups excluding carboxylic acids is 1. The number of hydrogen-bond acceptors (Lipinski definition) is 4. The number of rotatable bonds is 5. The van der Waals surface area contributed by atoms with Gasteiger partial charge in [0, 0.05) is 24.7 Å². The lowest BCUT2D eigenvalue weighted by molar-refractivity contribution is 0.0736. The van der Waals surface area contributed by atoms with Crippen molar-refractivity contribution in [1.82, 2.24) is 9.80 Å². The maximum absolute atomic E-state index is 12.6. The molecule has 1 heterocycles. The van der Waals surface area contributed by atoms with Crippen molar-refractivity contribution in [2.75, 3.05) is 34.3 Å². The van der Waals surface area contributed by atoms with Gasteiger partial charge in [0.2, 0.25) is 0 Å². The molecule has 2 rings (SSSR count). The number of likely N-dealkylation sites (tertiary alicyclic amines) is 1. The molecule has 4 nitrogen and oxygen atoms in total. The van der Waals surface area contributed by atoms with Crippen LogP contribution in [-0.2, 0) is 0 Å². The van der Waals surface area contributed by atoms with E-state index in [-0.39, 0.29) is 11.8 Å². The lowest BCUT2D eigenvalue weighted by atomic mass is 9.99. The Hall–Kier alpha value is -1.39. The van der Waals surface area contributed by atoms with Crippen molar-refractivity contribution in [1.29, 1.82) is 0 Å². The molecular weight excluding hydrogens is 264 g/mol. The van der Waals surface area contributed by atoms with Crippen molar-refractivity contribution in [2.45, 2.75) is 31.8 Å². The zero-order chi connectivity index (χ0) is 15.4. The molecule has 1 aromatic carbocycles. The molecule has 21 heavy (non-hydrogen) atoms. The number of Topliss-reactive ketones (excluding diaryl/α,β-unsaturated/α-hetero) is 1. The molecule has 1 aliphatic heterocycles. The second kappa shape index (κ2) is 7.05. The van der Waals surface area contributed by atoms with Crippen LogP contribution in [0.2, 0.25) is 0 Å². The first-order chi connectivity index (χ1) is 10.0. The molecule has 4 heteroatoms. The minimum atomic E-state index is -0.0542. The molecule has 0 aliphatic carbocycles. The first kappa shape index (κ1) is 16.0. The van der Waals surface area contributed by atoms with Gasteiger partial charge in [-0.15, -0.1) is 0 Å². The van der Waals surface area contributed by atoms with E-state index < -0.39 is 0 Å². The molecule has 0 N–H and O–H groups in total. The quantitative estimate of drug-likeness (QED) is 0.779. The van der Waals surface area contributed by atoms with Crippen LogP contribution < -0.4 is 4.74 Å². The van der Waals surface area contributed by atoms with Gasteiger partial charge in [0.15, 0.2) is 5.78 Å². The van der Waals surface area contributed by atoms with Crippen molar-refractivity contribution in [2.24, 2.45) is 0 Å². The normalized spacial score (nSPS) is 18.7. The van der Waals surface area contributed by atoms with Gasteiger partial charge in [-0.25, -0.2) is 0 Å². The average molecular weight is 290 g/mol. The molecule has 1 aliphatic rings. The summed E-state index contributed by atoms with van der Waals surface area (Å²) in [5.41, 5.74) is 0.762. The van der Waals surface area contributed by atoms with Gasteiger partial charge in [0.25, 0.3) is 0 Å². The van der Waals surface area contributed by atoms with Crippen molar-refractivity contribution in [3.8, 4) is 5.75 Å². The SMILES string of the molecule is COc1ccc(C(=O)C(C)N2CCC(N(C)C)CC2)cc1. The van der Waals surface area contributed by atoms with E-state index in [0.717, 1.165) is 37.2 Å². The smallest absolute Gasteiger partial charge is 0.179 e. The Morgan fingerprint density at radius 3 is 2.29 bits per heavy atom. The van der Waals surface area contributed by atoms with Gasteiger partial charge in [0.1, 0.15) is 5.75 Å². The Balaban J connectivity index is 1.96. The maximum atomic E-state index is 12.6. The molecule has 0 radical (unpaired) electrons. The standard InChI is InChI=1S/C17H26N2O2/c1-13(19-11-9-15(10-12-19)18(2)3)17(20)14-5-7-16(21-4)8-6-14/h5-8,13,15H,9-12H2,1-4H3. The Labute approximate surface area is 127 Å². The molecule has 1 unspecified atom stereocenters. The number of piperidine rings is 1. The monoisotopic (exact) mass is 290 g/mol. The highest BCUT2D eigenvalue weighted by Gasteiger charge is 2.27. The van der Waals surface area contributed by atoms with Crippen LogP contribution in [0, 0.1) is 0 Å². The Kier molecular flexibility index (Phi) is 5.37. The summed E-state index contributed by atoms with van der Waals surface area (Å²) in [4.78, 5) is 17.1. The molecular formula is C17H26N2O2. The van der Waals surface area contributed by atoms with Crippen LogP contribution in [0.15, 0.2) is 24.3 Å². The van der Waals surface area contributed by atoms with Crippen LogP contribution in [0.5, 0.6) is 5.75 Å². The number of ether oxygens (including phenoxy) is 1. The topological polar surface area (TPSA) is 32.8 Å². The van der Waals surface area contributed by atoms with Gasteiger partial charge < -0.3 is 9.64 Å². The van der Waals surface area contributed by atoms with Gasteiger partial charge in [-0.05, 0) is 58.1 Å². The molecule has 116 valence electrons. The minimum Gasteiger partial charge on any atom is -0.497 e. The molecule has 0 aromatic heterocycles. The van der Waals surface area contributed by atoms with E-state index in [9.17, 15) is 4.79 Å². The number of methoxy groups -OCH3 is 1. The Morgan fingerprint density at radius 1 is 1.24 bits per heavy atom. The fourth-order valence-electron chi connectivity index (χ4n) is 2.95. The zero-order valence-corrected chi connectivity index (χ0v) is 13.5. The highest BCUT2D eigenvalue weighted by molar-refractivity contribution is 5.99. The Bertz CT molecular complexity index is 462. The van der Waals surface area contributed by atoms with Crippen molar-refractivity contribution >= 4 is 5.78 Å². The summed E-state index contributed by atoms with van der Waals surface area (Å²) in [6.07, 6.45) is 2.26. The number of carbonyl (C=O) groups is 1. The molecule has 1 saturated heterocycles. The number of benzene rings is 1. The second-order valence-electron chi connectivity index (χ2n) is 6.00. The lowest BCUT2D eigenvalue weighted by Crippen LogP contribution is -2.47. The molecule has 1 fully saturated rings. The third-order valence-electron chi connectivity index (χ3n) is 4.53. The fraction of sp³-hybridized carbons (Fsp3) is 0.588. The predicted molar refractivity (Wildman–Crippen MR) is 85.1 cm³/mol. The third-order valence-corrected chi connectivity index (χ3v) is 4.53. The number of hydrogen-bond donors (Lipinski definition) is 0. The highest BCUT2D eigenvalue weighted by Crippen LogP contribution is 2.19. The maximum Gasteiger partial charge on any atom is 0.179 e. The molecule has 0 spiro atoms. The predicted octanol–water partition coefficient (Wildman–Crippen LogP) is 2.29. The summed E-state index contributed by atoms with van der Waals surface area (Å²) >= 11 is 0. The van der Waals surface area contributed by atoms with E-state index in [1.54, 1.807) is 7.11 Å². The zero-order valence-electron chi connectivity index (χ0n) is 13.5. The van der Waals surface area contributed by atoms with Crippen molar-refractivity contribution < 1.29 is 9.53 Å². The highest BCUT2D eigenvalue weighted by atomic mass is 16.5. The van der Waals surface area contributed by atoms with E-state index >= 15 is 0 Å². The first-order valence-electron chi connectivity index (χ1n) is 7.61. The summed E-state index contributed by atoms with van der Waals surface area (Å²) in [5.74, 6) is 0.979. The minimum absolute atomic E-state index is 0.0542. The molecule has 1 aromatic rings. The first-order valence-corrected chi connectivity index (χ1v) is 7.61. The van der Waals surface area contributed by atoms with Crippen LogP contribution >= 0.6 is 0 Å². The summed E-state index contributed by atoms with van der Waals surface area (Å²) in [7, 11) is 5.90. The van der Waals surface area contributed by atoms with Crippen LogP contribution in [0.25, 0.3) is 0 Å². The van der Waals surface area contributed by atoms with E-state index in [2.05, 4.69) is 23.9 Å². The van der Waals surface area contributed by atoms with Gasteiger partial charge in [-0.3, -0.25) is 9.69 Å². The summed E-state index contributed by atoms with van der Waals surface area (Å²) in [6, 6.07) is 7.98. The van der Waals surface area contributed by atoms with Crippen molar-refractivity contribution in [3.05, 3.63) is 29.8 Å². The van der Waals surface area contributed by atoms with E-state index in [1.165, 1.54) is 0 Å². The molecule has 1 atom stereocenters.